The highest BCUT2D eigenvalue weighted by Crippen LogP contribution is 2.59. The minimum absolute atomic E-state index is 0.0814. The van der Waals surface area contributed by atoms with Gasteiger partial charge in [-0.2, -0.15) is 13.2 Å². The predicted octanol–water partition coefficient (Wildman–Crippen LogP) is 6.24. The lowest BCUT2D eigenvalue weighted by atomic mass is 10.0. The van der Waals surface area contributed by atoms with Gasteiger partial charge in [0.15, 0.2) is 11.6 Å². The second-order valence-electron chi connectivity index (χ2n) is 8.89. The molecule has 5 nitrogen and oxygen atoms in total. The largest absolute Gasteiger partial charge is 0.401 e. The number of nitrogens with one attached hydrogen (secondary N) is 1. The van der Waals surface area contributed by atoms with Crippen molar-refractivity contribution in [2.75, 3.05) is 5.32 Å². The van der Waals surface area contributed by atoms with Crippen LogP contribution in [0.5, 0.6) is 0 Å². The zero-order valence-electron chi connectivity index (χ0n) is 19.0. The molecule has 5 rings (SSSR count). The van der Waals surface area contributed by atoms with Crippen LogP contribution in [-0.4, -0.2) is 22.2 Å². The third kappa shape index (κ3) is 4.86. The fourth-order valence-electron chi connectivity index (χ4n) is 4.09. The smallest absolute Gasteiger partial charge is 0.358 e. The molecule has 2 aromatic heterocycles. The van der Waals surface area contributed by atoms with Crippen molar-refractivity contribution >= 4 is 11.7 Å². The summed E-state index contributed by atoms with van der Waals surface area (Å²) in [7, 11) is 0. The lowest BCUT2D eigenvalue weighted by molar-refractivity contribution is -0.165. The monoisotopic (exact) mass is 495 g/mol. The van der Waals surface area contributed by atoms with Gasteiger partial charge in [0.2, 0.25) is 5.91 Å². The third-order valence-corrected chi connectivity index (χ3v) is 6.33. The molecule has 0 atom stereocenters. The van der Waals surface area contributed by atoms with Crippen LogP contribution in [0.15, 0.2) is 77.4 Å². The van der Waals surface area contributed by atoms with E-state index in [1.807, 2.05) is 42.5 Å². The number of carbonyl (C=O) groups excluding carboxylic acids is 1. The Bertz CT molecular complexity index is 1380. The van der Waals surface area contributed by atoms with E-state index in [1.54, 1.807) is 12.3 Å². The van der Waals surface area contributed by atoms with Gasteiger partial charge in [-0.25, -0.2) is 4.39 Å². The zero-order valence-corrected chi connectivity index (χ0v) is 19.0. The van der Waals surface area contributed by atoms with Crippen molar-refractivity contribution in [3.05, 3.63) is 101 Å². The highest BCUT2D eigenvalue weighted by atomic mass is 19.4. The van der Waals surface area contributed by atoms with Crippen LogP contribution in [0, 0.1) is 5.82 Å². The number of hydrogen-bond donors (Lipinski definition) is 1. The van der Waals surface area contributed by atoms with Crippen LogP contribution in [0.4, 0.5) is 23.4 Å². The molecule has 0 radical (unpaired) electrons. The van der Waals surface area contributed by atoms with Gasteiger partial charge in [-0.3, -0.25) is 9.78 Å². The minimum atomic E-state index is -4.45. The van der Waals surface area contributed by atoms with E-state index in [0.29, 0.717) is 12.0 Å². The maximum atomic E-state index is 14.7. The predicted molar refractivity (Wildman–Crippen MR) is 125 cm³/mol. The van der Waals surface area contributed by atoms with E-state index >= 15 is 0 Å². The summed E-state index contributed by atoms with van der Waals surface area (Å²) >= 11 is 0. The molecule has 1 N–H and O–H groups in total. The van der Waals surface area contributed by atoms with Gasteiger partial charge in [0.05, 0.1) is 6.42 Å². The van der Waals surface area contributed by atoms with E-state index in [0.717, 1.165) is 22.9 Å². The number of alkyl halides is 3. The molecule has 0 bridgehead atoms. The minimum Gasteiger partial charge on any atom is -0.358 e. The Labute approximate surface area is 204 Å². The molecular weight excluding hydrogens is 474 g/mol. The summed E-state index contributed by atoms with van der Waals surface area (Å²) in [6, 6.07) is 19.3. The van der Waals surface area contributed by atoms with Crippen molar-refractivity contribution < 1.29 is 26.9 Å². The second kappa shape index (κ2) is 9.22. The Morgan fingerprint density at radius 3 is 2.39 bits per heavy atom. The van der Waals surface area contributed by atoms with Gasteiger partial charge in [0, 0.05) is 29.9 Å². The molecule has 0 spiro atoms. The molecule has 1 aliphatic carbocycles. The average Bonchev–Trinajstić information content (AvgIpc) is 3.55. The number of nitrogens with zero attached hydrogens (tertiary/aromatic N) is 2. The van der Waals surface area contributed by atoms with Gasteiger partial charge in [-0.1, -0.05) is 53.7 Å². The van der Waals surface area contributed by atoms with Crippen LogP contribution in [-0.2, 0) is 23.1 Å². The van der Waals surface area contributed by atoms with Crippen molar-refractivity contribution in [3.8, 4) is 11.1 Å². The molecule has 9 heteroatoms. The summed E-state index contributed by atoms with van der Waals surface area (Å²) in [6.45, 7) is 0. The summed E-state index contributed by atoms with van der Waals surface area (Å²) in [4.78, 5) is 16.8. The number of benzene rings is 2. The molecule has 184 valence electrons. The zero-order chi connectivity index (χ0) is 25.3. The summed E-state index contributed by atoms with van der Waals surface area (Å²) in [5.74, 6) is -1.66. The Balaban J connectivity index is 1.22. The van der Waals surface area contributed by atoms with Crippen LogP contribution in [0.2, 0.25) is 0 Å². The molecule has 0 aliphatic heterocycles. The number of anilines is 1. The van der Waals surface area contributed by atoms with Gasteiger partial charge in [0.1, 0.15) is 11.2 Å². The molecule has 1 saturated carbocycles. The number of hydrogen-bond acceptors (Lipinski definition) is 4. The molecule has 2 heterocycles. The van der Waals surface area contributed by atoms with Gasteiger partial charge >= 0.3 is 6.18 Å². The molecule has 1 amide bonds. The number of aromatic nitrogens is 2. The molecule has 2 aromatic carbocycles. The summed E-state index contributed by atoms with van der Waals surface area (Å²) in [6.07, 6.45) is -2.56. The summed E-state index contributed by atoms with van der Waals surface area (Å²) < 4.78 is 59.3. The van der Waals surface area contributed by atoms with Crippen LogP contribution in [0.3, 0.4) is 0 Å². The van der Waals surface area contributed by atoms with E-state index < -0.39 is 23.3 Å². The van der Waals surface area contributed by atoms with Crippen molar-refractivity contribution in [1.29, 1.82) is 0 Å². The van der Waals surface area contributed by atoms with Gasteiger partial charge < -0.3 is 9.84 Å². The molecule has 1 fully saturated rings. The van der Waals surface area contributed by atoms with Crippen LogP contribution in [0.25, 0.3) is 11.1 Å². The van der Waals surface area contributed by atoms with Crippen LogP contribution < -0.4 is 5.32 Å². The average molecular weight is 495 g/mol. The van der Waals surface area contributed by atoms with Crippen molar-refractivity contribution in [2.45, 2.75) is 37.3 Å². The van der Waals surface area contributed by atoms with E-state index in [1.165, 1.54) is 12.1 Å². The second-order valence-corrected chi connectivity index (χ2v) is 8.89. The summed E-state index contributed by atoms with van der Waals surface area (Å²) in [5, 5.41) is 5.89. The first kappa shape index (κ1) is 23.7. The maximum Gasteiger partial charge on any atom is 0.401 e. The van der Waals surface area contributed by atoms with Crippen LogP contribution >= 0.6 is 0 Å². The maximum absolute atomic E-state index is 14.7. The van der Waals surface area contributed by atoms with E-state index in [4.69, 9.17) is 4.52 Å². The van der Waals surface area contributed by atoms with E-state index in [-0.39, 0.29) is 36.4 Å². The normalized spacial score (nSPS) is 14.4. The van der Waals surface area contributed by atoms with Crippen molar-refractivity contribution in [3.63, 3.8) is 0 Å². The Kier molecular flexibility index (Phi) is 6.07. The Morgan fingerprint density at radius 1 is 1.00 bits per heavy atom. The first-order chi connectivity index (χ1) is 17.2. The molecular formula is C27H21F4N3O2. The number of rotatable bonds is 7. The third-order valence-electron chi connectivity index (χ3n) is 6.33. The molecule has 4 aromatic rings. The quantitative estimate of drug-likeness (QED) is 0.308. The van der Waals surface area contributed by atoms with E-state index in [9.17, 15) is 22.4 Å². The van der Waals surface area contributed by atoms with Gasteiger partial charge in [0.25, 0.3) is 0 Å². The van der Waals surface area contributed by atoms with Gasteiger partial charge in [-0.15, -0.1) is 0 Å². The number of amides is 1. The molecule has 0 saturated heterocycles. The number of pyridine rings is 1. The fraction of sp³-hybridized carbons (Fsp3) is 0.222. The fourth-order valence-corrected chi connectivity index (χ4v) is 4.09. The Morgan fingerprint density at radius 2 is 1.75 bits per heavy atom. The Hall–Kier alpha value is -4.01. The molecule has 36 heavy (non-hydrogen) atoms. The lowest BCUT2D eigenvalue weighted by Gasteiger charge is -2.14. The SMILES string of the molecule is O=C(Cc1ccc(-c2ccc(Cc3ccccc3)nc2)cc1F)Nc1cc(C2(C(F)(F)F)CC2)on1. The van der Waals surface area contributed by atoms with Crippen molar-refractivity contribution in [1.82, 2.24) is 10.1 Å². The highest BCUT2D eigenvalue weighted by Gasteiger charge is 2.66. The van der Waals surface area contributed by atoms with Gasteiger partial charge in [-0.05, 0) is 41.7 Å². The summed E-state index contributed by atoms with van der Waals surface area (Å²) in [5.41, 5.74) is 1.48. The molecule has 0 unspecified atom stereocenters. The number of carbonyl (C=O) groups is 1. The number of halogens is 4. The highest BCUT2D eigenvalue weighted by molar-refractivity contribution is 5.91. The first-order valence-corrected chi connectivity index (χ1v) is 11.3. The van der Waals surface area contributed by atoms with Crippen LogP contribution in [0.1, 0.15) is 35.4 Å². The van der Waals surface area contributed by atoms with E-state index in [2.05, 4.69) is 15.5 Å². The topological polar surface area (TPSA) is 68.0 Å². The first-order valence-electron chi connectivity index (χ1n) is 11.3. The standard InChI is InChI=1S/C27H21F4N3O2/c28-22-13-18(20-8-9-21(32-16-20)12-17-4-2-1-3-5-17)6-7-19(22)14-25(35)33-24-15-23(36-34-24)26(10-11-26)27(29,30)31/h1-9,13,15-16H,10-12,14H2,(H,33,34,35). The molecule has 1 aliphatic rings. The lowest BCUT2D eigenvalue weighted by Crippen LogP contribution is -2.28. The van der Waals surface area contributed by atoms with Crippen molar-refractivity contribution in [2.24, 2.45) is 0 Å².